The fourth-order valence-electron chi connectivity index (χ4n) is 1.56. The fraction of sp³-hybridized carbons (Fsp3) is 0.500. The summed E-state index contributed by atoms with van der Waals surface area (Å²) in [6.07, 6.45) is -3.86. The lowest BCUT2D eigenvalue weighted by Crippen LogP contribution is -2.17. The van der Waals surface area contributed by atoms with Crippen LogP contribution < -0.4 is 10.5 Å². The highest BCUT2D eigenvalue weighted by atomic mass is 35.5. The predicted octanol–water partition coefficient (Wildman–Crippen LogP) is 4.05. The second-order valence-electron chi connectivity index (χ2n) is 4.35. The summed E-state index contributed by atoms with van der Waals surface area (Å²) < 4.78 is 39.6. The Morgan fingerprint density at radius 3 is 2.06 bits per heavy atom. The first-order chi connectivity index (χ1) is 7.78. The zero-order chi connectivity index (χ0) is 13.1. The molecule has 0 radical (unpaired) electrons. The van der Waals surface area contributed by atoms with Crippen molar-refractivity contribution in [3.63, 3.8) is 0 Å². The van der Waals surface area contributed by atoms with Gasteiger partial charge in [-0.3, -0.25) is 0 Å². The molecule has 2 nitrogen and oxygen atoms in total. The van der Waals surface area contributed by atoms with Gasteiger partial charge in [0, 0.05) is 6.04 Å². The molecule has 0 amide bonds. The number of benzene rings is 1. The van der Waals surface area contributed by atoms with E-state index in [0.29, 0.717) is 5.92 Å². The van der Waals surface area contributed by atoms with Gasteiger partial charge in [-0.25, -0.2) is 0 Å². The highest BCUT2D eigenvalue weighted by Crippen LogP contribution is 2.25. The second-order valence-corrected chi connectivity index (χ2v) is 4.35. The number of hydrogen-bond acceptors (Lipinski definition) is 2. The molecule has 0 aliphatic carbocycles. The van der Waals surface area contributed by atoms with Gasteiger partial charge in [-0.1, -0.05) is 26.0 Å². The molecule has 2 N–H and O–H groups in total. The monoisotopic (exact) mass is 283 g/mol. The van der Waals surface area contributed by atoms with Crippen molar-refractivity contribution >= 4 is 12.4 Å². The summed E-state index contributed by atoms with van der Waals surface area (Å²) in [5.41, 5.74) is 6.72. The molecule has 6 heteroatoms. The van der Waals surface area contributed by atoms with Crippen LogP contribution in [0.3, 0.4) is 0 Å². The van der Waals surface area contributed by atoms with E-state index in [1.54, 1.807) is 12.1 Å². The molecule has 0 saturated heterocycles. The summed E-state index contributed by atoms with van der Waals surface area (Å²) >= 11 is 0. The van der Waals surface area contributed by atoms with E-state index in [1.807, 2.05) is 13.8 Å². The van der Waals surface area contributed by atoms with Gasteiger partial charge < -0.3 is 10.5 Å². The largest absolute Gasteiger partial charge is 0.573 e. The number of ether oxygens (including phenoxy) is 1. The van der Waals surface area contributed by atoms with Gasteiger partial charge in [0.1, 0.15) is 5.75 Å². The highest BCUT2D eigenvalue weighted by molar-refractivity contribution is 5.85. The third-order valence-corrected chi connectivity index (χ3v) is 2.27. The van der Waals surface area contributed by atoms with E-state index in [4.69, 9.17) is 5.73 Å². The fourth-order valence-corrected chi connectivity index (χ4v) is 1.56. The number of rotatable bonds is 4. The van der Waals surface area contributed by atoms with Gasteiger partial charge in [-0.05, 0) is 30.0 Å². The van der Waals surface area contributed by atoms with Gasteiger partial charge >= 0.3 is 6.36 Å². The van der Waals surface area contributed by atoms with Gasteiger partial charge in [0.15, 0.2) is 0 Å². The van der Waals surface area contributed by atoms with Crippen molar-refractivity contribution in [2.24, 2.45) is 11.7 Å². The standard InChI is InChI=1S/C12H16F3NO.ClH/c1-8(2)7-11(16)9-3-5-10(6-4-9)17-12(13,14)15;/h3-6,8,11H,7,16H2,1-2H3;1H/t11-;/m1./s1. The van der Waals surface area contributed by atoms with E-state index in [2.05, 4.69) is 4.74 Å². The van der Waals surface area contributed by atoms with Gasteiger partial charge in [0.2, 0.25) is 0 Å². The Bertz CT molecular complexity index is 351. The Balaban J connectivity index is 0.00000289. The third kappa shape index (κ3) is 6.12. The number of alkyl halides is 3. The van der Waals surface area contributed by atoms with Crippen LogP contribution in [-0.2, 0) is 0 Å². The maximum atomic E-state index is 11.9. The topological polar surface area (TPSA) is 35.2 Å². The molecule has 0 bridgehead atoms. The quantitative estimate of drug-likeness (QED) is 0.904. The van der Waals surface area contributed by atoms with Crippen LogP contribution in [-0.4, -0.2) is 6.36 Å². The molecule has 0 saturated carbocycles. The molecule has 0 fully saturated rings. The van der Waals surface area contributed by atoms with Gasteiger partial charge in [0.05, 0.1) is 0 Å². The lowest BCUT2D eigenvalue weighted by atomic mass is 9.98. The molecule has 1 aromatic rings. The van der Waals surface area contributed by atoms with E-state index in [1.165, 1.54) is 12.1 Å². The Morgan fingerprint density at radius 1 is 1.17 bits per heavy atom. The zero-order valence-electron chi connectivity index (χ0n) is 10.2. The maximum absolute atomic E-state index is 11.9. The Kier molecular flexibility index (Phi) is 6.49. The van der Waals surface area contributed by atoms with Gasteiger partial charge in [-0.2, -0.15) is 0 Å². The molecule has 0 unspecified atom stereocenters. The molecule has 0 heterocycles. The first-order valence-electron chi connectivity index (χ1n) is 5.39. The van der Waals surface area contributed by atoms with Crippen LogP contribution >= 0.6 is 12.4 Å². The number of nitrogens with two attached hydrogens (primary N) is 1. The van der Waals surface area contributed by atoms with Crippen LogP contribution in [0.25, 0.3) is 0 Å². The molecule has 1 rings (SSSR count). The molecule has 0 aliphatic heterocycles. The molecule has 0 aliphatic rings. The van der Waals surface area contributed by atoms with E-state index in [9.17, 15) is 13.2 Å². The second kappa shape index (κ2) is 6.85. The van der Waals surface area contributed by atoms with Crippen LogP contribution in [0.5, 0.6) is 5.75 Å². The van der Waals surface area contributed by atoms with Crippen LogP contribution in [0.4, 0.5) is 13.2 Å². The van der Waals surface area contributed by atoms with Crippen molar-refractivity contribution in [2.45, 2.75) is 32.7 Å². The van der Waals surface area contributed by atoms with E-state index < -0.39 is 6.36 Å². The lowest BCUT2D eigenvalue weighted by molar-refractivity contribution is -0.274. The smallest absolute Gasteiger partial charge is 0.406 e. The Hall–Kier alpha value is -0.940. The average molecular weight is 284 g/mol. The van der Waals surface area contributed by atoms with Crippen molar-refractivity contribution in [3.8, 4) is 5.75 Å². The van der Waals surface area contributed by atoms with Crippen molar-refractivity contribution in [1.82, 2.24) is 0 Å². The molecule has 104 valence electrons. The summed E-state index contributed by atoms with van der Waals surface area (Å²) in [6, 6.07) is 5.53. The first-order valence-corrected chi connectivity index (χ1v) is 5.39. The highest BCUT2D eigenvalue weighted by Gasteiger charge is 2.30. The lowest BCUT2D eigenvalue weighted by Gasteiger charge is -2.15. The molecular formula is C12H17ClF3NO. The van der Waals surface area contributed by atoms with Crippen molar-refractivity contribution in [3.05, 3.63) is 29.8 Å². The summed E-state index contributed by atoms with van der Waals surface area (Å²) in [4.78, 5) is 0. The maximum Gasteiger partial charge on any atom is 0.573 e. The van der Waals surface area contributed by atoms with Crippen LogP contribution in [0.1, 0.15) is 31.9 Å². The molecular weight excluding hydrogens is 267 g/mol. The average Bonchev–Trinajstić information content (AvgIpc) is 2.15. The van der Waals surface area contributed by atoms with E-state index in [-0.39, 0.29) is 24.2 Å². The van der Waals surface area contributed by atoms with Crippen molar-refractivity contribution in [1.29, 1.82) is 0 Å². The van der Waals surface area contributed by atoms with Crippen LogP contribution in [0, 0.1) is 5.92 Å². The Morgan fingerprint density at radius 2 is 1.67 bits per heavy atom. The van der Waals surface area contributed by atoms with Crippen molar-refractivity contribution in [2.75, 3.05) is 0 Å². The minimum atomic E-state index is -4.65. The first kappa shape index (κ1) is 17.1. The van der Waals surface area contributed by atoms with E-state index >= 15 is 0 Å². The summed E-state index contributed by atoms with van der Waals surface area (Å²) in [6.45, 7) is 4.09. The van der Waals surface area contributed by atoms with Gasteiger partial charge in [0.25, 0.3) is 0 Å². The zero-order valence-corrected chi connectivity index (χ0v) is 11.0. The Labute approximate surface area is 111 Å². The van der Waals surface area contributed by atoms with Crippen molar-refractivity contribution < 1.29 is 17.9 Å². The summed E-state index contributed by atoms with van der Waals surface area (Å²) in [5, 5.41) is 0. The summed E-state index contributed by atoms with van der Waals surface area (Å²) in [5.74, 6) is 0.217. The normalized spacial score (nSPS) is 13.1. The molecule has 1 atom stereocenters. The molecule has 1 aromatic carbocycles. The number of halogens is 4. The third-order valence-electron chi connectivity index (χ3n) is 2.27. The SMILES string of the molecule is CC(C)C[C@@H](N)c1ccc(OC(F)(F)F)cc1.Cl. The minimum Gasteiger partial charge on any atom is -0.406 e. The minimum absolute atomic E-state index is 0. The van der Waals surface area contributed by atoms with Crippen LogP contribution in [0.2, 0.25) is 0 Å². The number of hydrogen-bond donors (Lipinski definition) is 1. The van der Waals surface area contributed by atoms with E-state index in [0.717, 1.165) is 12.0 Å². The summed E-state index contributed by atoms with van der Waals surface area (Å²) in [7, 11) is 0. The predicted molar refractivity (Wildman–Crippen MR) is 66.8 cm³/mol. The molecule has 0 spiro atoms. The molecule has 0 aromatic heterocycles. The van der Waals surface area contributed by atoms with Gasteiger partial charge in [-0.15, -0.1) is 25.6 Å². The molecule has 18 heavy (non-hydrogen) atoms. The van der Waals surface area contributed by atoms with Crippen LogP contribution in [0.15, 0.2) is 24.3 Å².